The molecule has 0 spiro atoms. The Kier molecular flexibility index (Phi) is 17.8. The molecule has 7 N–H and O–H groups in total. The third-order valence-electron chi connectivity index (χ3n) is 10.8. The summed E-state index contributed by atoms with van der Waals surface area (Å²) >= 11 is 26.2. The molecule has 10 rings (SSSR count). The number of carbonyl (C=O) groups is 4. The molecule has 0 saturated heterocycles. The molecule has 0 fully saturated rings. The minimum absolute atomic E-state index is 0.0373. The van der Waals surface area contributed by atoms with E-state index < -0.39 is 34.5 Å². The number of thioether (sulfide) groups is 2. The van der Waals surface area contributed by atoms with Crippen LogP contribution in [0.3, 0.4) is 0 Å². The van der Waals surface area contributed by atoms with E-state index in [0.717, 1.165) is 16.6 Å². The normalized spacial score (nSPS) is 10.8. The van der Waals surface area contributed by atoms with E-state index in [1.807, 2.05) is 54.6 Å². The van der Waals surface area contributed by atoms with Crippen molar-refractivity contribution in [2.45, 2.75) is 13.8 Å². The van der Waals surface area contributed by atoms with Gasteiger partial charge in [0.25, 0.3) is 0 Å². The fourth-order valence-corrected chi connectivity index (χ4v) is 9.70. The summed E-state index contributed by atoms with van der Waals surface area (Å²) in [5, 5.41) is 10.6. The number of halogens is 4. The number of Topliss-reactive ketones (excluding diaryl/α,β-unsaturated/α-hetero) is 1. The fourth-order valence-electron chi connectivity index (χ4n) is 7.55. The van der Waals surface area contributed by atoms with Gasteiger partial charge in [-0.05, 0) is 99.2 Å². The molecule has 18 nitrogen and oxygen atoms in total. The third kappa shape index (κ3) is 11.6. The Bertz CT molecular complexity index is 4020. The van der Waals surface area contributed by atoms with Gasteiger partial charge in [-0.2, -0.15) is 0 Å². The lowest BCUT2D eigenvalue weighted by Crippen LogP contribution is -2.20. The van der Waals surface area contributed by atoms with Gasteiger partial charge in [-0.25, -0.2) is 29.3 Å². The van der Waals surface area contributed by atoms with Gasteiger partial charge in [0.15, 0.2) is 11.3 Å². The molecule has 0 aliphatic carbocycles. The van der Waals surface area contributed by atoms with E-state index in [4.69, 9.17) is 67.3 Å². The first kappa shape index (κ1) is 55.2. The number of pyridine rings is 5. The quantitative estimate of drug-likeness (QED) is 0.0171. The number of aromatic amines is 2. The molecule has 7 heterocycles. The summed E-state index contributed by atoms with van der Waals surface area (Å²) in [5.74, 6) is -3.15. The van der Waals surface area contributed by atoms with E-state index >= 15 is 0 Å². The van der Waals surface area contributed by atoms with Crippen molar-refractivity contribution in [2.24, 2.45) is 0 Å². The van der Waals surface area contributed by atoms with Crippen LogP contribution in [0, 0.1) is 0 Å². The van der Waals surface area contributed by atoms with Crippen molar-refractivity contribution in [3.63, 3.8) is 0 Å². The number of aromatic nitrogens is 7. The first-order valence-electron chi connectivity index (χ1n) is 22.1. The monoisotopic (exact) mass is 1130 g/mol. The third-order valence-corrected chi connectivity index (χ3v) is 13.9. The number of para-hydroxylation sites is 6. The van der Waals surface area contributed by atoms with Crippen LogP contribution in [-0.4, -0.2) is 88.2 Å². The van der Waals surface area contributed by atoms with Crippen LogP contribution in [0.25, 0.3) is 55.4 Å². The maximum absolute atomic E-state index is 12.8. The van der Waals surface area contributed by atoms with Crippen LogP contribution in [0.5, 0.6) is 0 Å². The van der Waals surface area contributed by atoms with Gasteiger partial charge in [0.2, 0.25) is 16.6 Å². The van der Waals surface area contributed by atoms with Crippen molar-refractivity contribution in [1.29, 1.82) is 0 Å². The van der Waals surface area contributed by atoms with Crippen molar-refractivity contribution in [1.82, 2.24) is 33.7 Å². The molecule has 3 aromatic carbocycles. The average Bonchev–Trinajstić information content (AvgIpc) is 3.96. The number of ether oxygens (including phenoxy) is 2. The molecule has 0 bridgehead atoms. The summed E-state index contributed by atoms with van der Waals surface area (Å²) in [6.07, 6.45) is 3.56. The first-order valence-corrected chi connectivity index (χ1v) is 26.0. The van der Waals surface area contributed by atoms with Crippen molar-refractivity contribution >= 4 is 160 Å². The molecule has 24 heteroatoms. The number of nitrogen functional groups attached to an aromatic ring is 2. The number of ketones is 1. The Labute approximate surface area is 453 Å². The van der Waals surface area contributed by atoms with Gasteiger partial charge in [0, 0.05) is 0 Å². The number of benzene rings is 3. The summed E-state index contributed by atoms with van der Waals surface area (Å²) in [6, 6.07) is 30.9. The molecule has 10 aromatic rings. The van der Waals surface area contributed by atoms with Crippen molar-refractivity contribution in [3.05, 3.63) is 177 Å². The first-order chi connectivity index (χ1) is 35.9. The topological polar surface area (TPSA) is 272 Å². The van der Waals surface area contributed by atoms with E-state index in [1.165, 1.54) is 53.9 Å². The van der Waals surface area contributed by atoms with E-state index in [9.17, 15) is 33.9 Å². The van der Waals surface area contributed by atoms with Crippen LogP contribution in [0.2, 0.25) is 20.6 Å². The largest absolute Gasteiger partial charge is 0.477 e. The zero-order valence-electron chi connectivity index (χ0n) is 39.7. The number of nitrogens with one attached hydrogen (secondary N) is 2. The molecular weight excluding hydrogens is 1090 g/mol. The fraction of sp³-hybridized carbons (Fsp3) is 0.118. The van der Waals surface area contributed by atoms with Crippen molar-refractivity contribution in [2.75, 3.05) is 37.2 Å². The highest BCUT2D eigenvalue weighted by Crippen LogP contribution is 2.32. The summed E-state index contributed by atoms with van der Waals surface area (Å²) < 4.78 is 13.9. The second-order valence-electron chi connectivity index (χ2n) is 15.3. The van der Waals surface area contributed by atoms with Crippen molar-refractivity contribution < 1.29 is 33.8 Å². The Morgan fingerprint density at radius 1 is 0.613 bits per heavy atom. The number of nitrogens with two attached hydrogens (primary N) is 2. The Hall–Kier alpha value is -7.59. The standard InChI is InChI=1S/C17H12ClN3O3.C15H8ClN3O3.C13H13Cl2NO3S2.C6H8N2/c1-2-24-17(23)13-14(22)9-7-8-12(18)20-15(9)21-11-6-4-3-5-10(11)19-16(13)21;16-10-6-5-7-12(20)11(15(21)22)14-17-8-3-1-2-4-9(8)19(14)13(7)18-10;1-4-19-12(18)9(13(20-2)21-3)10(17)7-5-6-8(14)16-11(7)15;7-5-3-1-2-4-6(5)8/h3-8,19H,2H2,1H3;1-6,17H,(H,21,22);5-6H,4H2,1-3H3;1-4H,7-8H2. The number of anilines is 2. The number of carboxylic acids is 1. The minimum Gasteiger partial charge on any atom is -0.477 e. The molecule has 0 radical (unpaired) electrons. The van der Waals surface area contributed by atoms with Gasteiger partial charge >= 0.3 is 17.9 Å². The minimum atomic E-state index is -1.29. The molecule has 0 amide bonds. The van der Waals surface area contributed by atoms with E-state index in [-0.39, 0.29) is 67.1 Å². The van der Waals surface area contributed by atoms with Gasteiger partial charge in [-0.15, -0.1) is 23.5 Å². The van der Waals surface area contributed by atoms with Gasteiger partial charge in [-0.3, -0.25) is 23.2 Å². The highest BCUT2D eigenvalue weighted by atomic mass is 35.5. The van der Waals surface area contributed by atoms with Gasteiger partial charge in [0.1, 0.15) is 48.6 Å². The molecule has 75 heavy (non-hydrogen) atoms. The molecule has 0 aliphatic rings. The number of carbonyl (C=O) groups excluding carboxylic acids is 3. The Balaban J connectivity index is 0.000000153. The lowest BCUT2D eigenvalue weighted by atomic mass is 10.1. The molecule has 0 atom stereocenters. The number of imidazole rings is 2. The molecule has 7 aromatic heterocycles. The van der Waals surface area contributed by atoms with Gasteiger partial charge in [-0.1, -0.05) is 82.8 Å². The maximum Gasteiger partial charge on any atom is 0.345 e. The molecular formula is C51H41Cl4N9O9S2. The van der Waals surface area contributed by atoms with Crippen LogP contribution in [0.4, 0.5) is 11.4 Å². The molecule has 0 aliphatic heterocycles. The Morgan fingerprint density at radius 3 is 1.51 bits per heavy atom. The summed E-state index contributed by atoms with van der Waals surface area (Å²) in [6.45, 7) is 3.73. The second-order valence-corrected chi connectivity index (χ2v) is 18.7. The SMILES string of the molecule is CCOC(=O)C(C(=O)c1ccc(Cl)nc1Cl)=C(SC)SC.CCOC(=O)c1c(=O)c2ccc(Cl)nc2n2c1[nH]c1ccccc12.Nc1ccccc1N.O=C(O)c1c(=O)c2ccc(Cl)nc2n2c1[nH]c1ccccc12. The van der Waals surface area contributed by atoms with E-state index in [1.54, 1.807) is 59.4 Å². The van der Waals surface area contributed by atoms with Crippen LogP contribution >= 0.6 is 69.9 Å². The number of hydrogen-bond donors (Lipinski definition) is 5. The molecule has 0 saturated carbocycles. The van der Waals surface area contributed by atoms with Gasteiger partial charge < -0.3 is 36.0 Å². The number of aromatic carboxylic acids is 1. The lowest BCUT2D eigenvalue weighted by molar-refractivity contribution is -0.138. The average molecular weight is 1130 g/mol. The van der Waals surface area contributed by atoms with Crippen LogP contribution < -0.4 is 22.3 Å². The van der Waals surface area contributed by atoms with Gasteiger partial charge in [0.05, 0.1) is 67.2 Å². The summed E-state index contributed by atoms with van der Waals surface area (Å²) in [4.78, 5) is 92.3. The lowest BCUT2D eigenvalue weighted by Gasteiger charge is -2.11. The number of nitrogens with zero attached hydrogens (tertiary/aromatic N) is 5. The molecule has 0 unspecified atom stereocenters. The van der Waals surface area contributed by atoms with Crippen molar-refractivity contribution in [3.8, 4) is 0 Å². The summed E-state index contributed by atoms with van der Waals surface area (Å²) in [7, 11) is 0. The van der Waals surface area contributed by atoms with E-state index in [0.29, 0.717) is 43.5 Å². The number of carboxylic acid groups (broad SMARTS) is 1. The number of rotatable bonds is 9. The predicted octanol–water partition coefficient (Wildman–Crippen LogP) is 10.8. The second kappa shape index (κ2) is 24.2. The number of hydrogen-bond acceptors (Lipinski definition) is 15. The van der Waals surface area contributed by atoms with Crippen LogP contribution in [0.15, 0.2) is 129 Å². The molecule has 384 valence electrons. The Morgan fingerprint density at radius 2 is 1.05 bits per heavy atom. The number of fused-ring (bicyclic) bond motifs is 10. The summed E-state index contributed by atoms with van der Waals surface area (Å²) in [5.41, 5.74) is 15.1. The zero-order valence-corrected chi connectivity index (χ0v) is 44.4. The van der Waals surface area contributed by atoms with E-state index in [2.05, 4.69) is 24.9 Å². The van der Waals surface area contributed by atoms with Crippen LogP contribution in [-0.2, 0) is 14.3 Å². The number of esters is 2. The highest BCUT2D eigenvalue weighted by molar-refractivity contribution is 8.21. The smallest absolute Gasteiger partial charge is 0.345 e. The predicted molar refractivity (Wildman–Crippen MR) is 299 cm³/mol. The highest BCUT2D eigenvalue weighted by Gasteiger charge is 2.28. The zero-order chi connectivity index (χ0) is 54.2. The maximum atomic E-state index is 12.8. The van der Waals surface area contributed by atoms with Crippen LogP contribution in [0.1, 0.15) is 44.9 Å². The number of H-pyrrole nitrogens is 2.